The van der Waals surface area contributed by atoms with Crippen molar-refractivity contribution in [1.29, 1.82) is 0 Å². The van der Waals surface area contributed by atoms with E-state index < -0.39 is 0 Å². The second kappa shape index (κ2) is 22.1. The van der Waals surface area contributed by atoms with Gasteiger partial charge in [0.1, 0.15) is 13.1 Å². The van der Waals surface area contributed by atoms with Crippen molar-refractivity contribution in [2.24, 2.45) is 48.6 Å². The highest BCUT2D eigenvalue weighted by Crippen LogP contribution is 2.02. The van der Waals surface area contributed by atoms with E-state index in [1.807, 2.05) is 0 Å². The first-order chi connectivity index (χ1) is 18.9. The maximum atomic E-state index is 5.94. The number of hydrogen-bond donors (Lipinski definition) is 6. The Morgan fingerprint density at radius 3 is 1.57 bits per heavy atom. The van der Waals surface area contributed by atoms with Crippen LogP contribution in [0.3, 0.4) is 0 Å². The van der Waals surface area contributed by atoms with Crippen LogP contribution in [0.25, 0.3) is 0 Å². The van der Waals surface area contributed by atoms with Crippen molar-refractivity contribution in [1.82, 2.24) is 5.32 Å². The average Bonchev–Trinajstić information content (AvgIpc) is 2.84. The number of rotatable bonds is 22. The van der Waals surface area contributed by atoms with E-state index in [2.05, 4.69) is 60.4 Å². The van der Waals surface area contributed by atoms with E-state index in [0.29, 0.717) is 39.5 Å². The predicted molar refractivity (Wildman–Crippen MR) is 167 cm³/mol. The number of nitrogens with zero attached hydrogens (tertiary/aromatic N) is 6. The molecule has 14 heteroatoms. The minimum atomic E-state index is -0.0924. The number of guanidine groups is 4. The Bertz CT molecular complexity index is 778. The van der Waals surface area contributed by atoms with E-state index in [9.17, 15) is 0 Å². The number of ether oxygens (including phenoxy) is 2. The molecule has 0 aliphatic heterocycles. The number of nitrogens with two attached hydrogens (primary N) is 5. The summed E-state index contributed by atoms with van der Waals surface area (Å²) in [5, 5.41) is 2.85. The van der Waals surface area contributed by atoms with Gasteiger partial charge >= 0.3 is 0 Å². The molecule has 14 nitrogen and oxygen atoms in total. The van der Waals surface area contributed by atoms with Crippen LogP contribution in [-0.4, -0.2) is 133 Å². The molecular weight excluding hydrogens is 512 g/mol. The third-order valence-corrected chi connectivity index (χ3v) is 6.21. The molecule has 0 saturated carbocycles. The number of unbranched alkanes of at least 4 members (excludes halogenated alkanes) is 3. The van der Waals surface area contributed by atoms with Crippen LogP contribution >= 0.6 is 0 Å². The van der Waals surface area contributed by atoms with Crippen LogP contribution in [-0.2, 0) is 9.47 Å². The molecule has 0 saturated heterocycles. The summed E-state index contributed by atoms with van der Waals surface area (Å²) in [6.07, 6.45) is 5.90. The maximum Gasteiger partial charge on any atom is 0.218 e. The second-order valence-corrected chi connectivity index (χ2v) is 11.2. The molecular formula is C26H60N12O2+2. The van der Waals surface area contributed by atoms with Gasteiger partial charge in [0.05, 0.1) is 67.7 Å². The molecule has 0 aromatic heterocycles. The SMILES string of the molecule is CCC[N+](C)(C)CCOCCOCC[N+](C)(C)CCCN=C(N)NC(N)=NCCCCCCN=C(N)N=C(N)N. The van der Waals surface area contributed by atoms with Crippen molar-refractivity contribution in [3.8, 4) is 0 Å². The Morgan fingerprint density at radius 1 is 0.600 bits per heavy atom. The lowest BCUT2D eigenvalue weighted by atomic mass is 10.2. The zero-order chi connectivity index (χ0) is 30.3. The van der Waals surface area contributed by atoms with Gasteiger partial charge in [-0.05, 0) is 19.3 Å². The van der Waals surface area contributed by atoms with Crippen LogP contribution in [0.15, 0.2) is 20.0 Å². The molecule has 0 radical (unpaired) electrons. The van der Waals surface area contributed by atoms with Crippen molar-refractivity contribution < 1.29 is 18.4 Å². The summed E-state index contributed by atoms with van der Waals surface area (Å²) in [5.41, 5.74) is 27.9. The molecule has 0 unspecified atom stereocenters. The molecule has 0 aromatic rings. The number of quaternary nitrogens is 2. The predicted octanol–water partition coefficient (Wildman–Crippen LogP) is -0.660. The molecule has 0 bridgehead atoms. The van der Waals surface area contributed by atoms with Crippen LogP contribution in [0.4, 0.5) is 0 Å². The highest BCUT2D eigenvalue weighted by molar-refractivity contribution is 5.97. The first kappa shape index (κ1) is 37.3. The Hall–Kier alpha value is -2.68. The average molecular weight is 573 g/mol. The third kappa shape index (κ3) is 24.4. The molecule has 234 valence electrons. The number of hydrogen-bond acceptors (Lipinski definition) is 5. The highest BCUT2D eigenvalue weighted by atomic mass is 16.5. The molecule has 0 fully saturated rings. The molecule has 0 spiro atoms. The van der Waals surface area contributed by atoms with Gasteiger partial charge in [-0.2, -0.15) is 4.99 Å². The van der Waals surface area contributed by atoms with Gasteiger partial charge in [-0.1, -0.05) is 19.8 Å². The molecule has 40 heavy (non-hydrogen) atoms. The van der Waals surface area contributed by atoms with Crippen LogP contribution in [0.1, 0.15) is 45.4 Å². The lowest BCUT2D eigenvalue weighted by Gasteiger charge is -2.29. The second-order valence-electron chi connectivity index (χ2n) is 11.2. The van der Waals surface area contributed by atoms with E-state index in [-0.39, 0.29) is 23.8 Å². The highest BCUT2D eigenvalue weighted by Gasteiger charge is 2.15. The first-order valence-electron chi connectivity index (χ1n) is 14.4. The molecule has 0 aliphatic rings. The van der Waals surface area contributed by atoms with E-state index in [1.54, 1.807) is 0 Å². The summed E-state index contributed by atoms with van der Waals surface area (Å²) in [7, 11) is 8.87. The fourth-order valence-corrected chi connectivity index (χ4v) is 3.82. The summed E-state index contributed by atoms with van der Waals surface area (Å²) in [4.78, 5) is 16.4. The monoisotopic (exact) mass is 572 g/mol. The molecule has 0 atom stereocenters. The molecule has 0 aliphatic carbocycles. The van der Waals surface area contributed by atoms with Gasteiger partial charge in [0.2, 0.25) is 5.96 Å². The molecule has 11 N–H and O–H groups in total. The van der Waals surface area contributed by atoms with E-state index in [0.717, 1.165) is 67.3 Å². The topological polar surface area (TPSA) is 210 Å². The minimum Gasteiger partial charge on any atom is -0.373 e. The molecule has 0 rings (SSSR count). The maximum absolute atomic E-state index is 5.94. The Morgan fingerprint density at radius 2 is 1.07 bits per heavy atom. The van der Waals surface area contributed by atoms with E-state index >= 15 is 0 Å². The van der Waals surface area contributed by atoms with Crippen molar-refractivity contribution in [3.05, 3.63) is 0 Å². The van der Waals surface area contributed by atoms with E-state index in [1.165, 1.54) is 13.0 Å². The lowest BCUT2D eigenvalue weighted by Crippen LogP contribution is -2.44. The van der Waals surface area contributed by atoms with Crippen molar-refractivity contribution in [3.63, 3.8) is 0 Å². The molecule has 0 heterocycles. The number of nitrogens with one attached hydrogen (secondary N) is 1. The van der Waals surface area contributed by atoms with Gasteiger partial charge in [0.15, 0.2) is 17.9 Å². The fourth-order valence-electron chi connectivity index (χ4n) is 3.82. The largest absolute Gasteiger partial charge is 0.373 e. The summed E-state index contributed by atoms with van der Waals surface area (Å²) < 4.78 is 13.3. The standard InChI is InChI=1S/C26H60N12O2/c1-6-15-37(2,3)17-19-39-21-22-40-20-18-38(4,5)16-11-14-34-26(31)36-25(30)33-13-10-8-7-9-12-32-24(29)35-23(27)28/h6-22H2,1-5H3,(H6,27,28,29,32,35)(H5,30,31,33,34,36)/q+2. The summed E-state index contributed by atoms with van der Waals surface area (Å²) in [6.45, 7) is 10.9. The van der Waals surface area contributed by atoms with Gasteiger partial charge in [-0.3, -0.25) is 20.3 Å². The van der Waals surface area contributed by atoms with Crippen LogP contribution in [0.2, 0.25) is 0 Å². The van der Waals surface area contributed by atoms with Crippen molar-refractivity contribution >= 4 is 23.8 Å². The van der Waals surface area contributed by atoms with Crippen LogP contribution < -0.4 is 34.0 Å². The van der Waals surface area contributed by atoms with Crippen molar-refractivity contribution in [2.75, 3.05) is 100 Å². The minimum absolute atomic E-state index is 0.0924. The van der Waals surface area contributed by atoms with E-state index in [4.69, 9.17) is 38.1 Å². The Labute approximate surface area is 242 Å². The summed E-state index contributed by atoms with van der Waals surface area (Å²) >= 11 is 0. The normalized spacial score (nSPS) is 13.5. The molecule has 0 aromatic carbocycles. The van der Waals surface area contributed by atoms with Gasteiger partial charge in [0.25, 0.3) is 0 Å². The third-order valence-electron chi connectivity index (χ3n) is 6.21. The summed E-state index contributed by atoms with van der Waals surface area (Å²) in [6, 6.07) is 0. The van der Waals surface area contributed by atoms with Gasteiger partial charge < -0.3 is 47.1 Å². The van der Waals surface area contributed by atoms with Gasteiger partial charge in [-0.25, -0.2) is 0 Å². The lowest BCUT2D eigenvalue weighted by molar-refractivity contribution is -0.891. The van der Waals surface area contributed by atoms with Crippen LogP contribution in [0, 0.1) is 0 Å². The Kier molecular flexibility index (Phi) is 20.6. The summed E-state index contributed by atoms with van der Waals surface area (Å²) in [5.74, 6) is 0.564. The quantitative estimate of drug-likeness (QED) is 0.0423. The number of aliphatic imine (C=N–C) groups is 4. The van der Waals surface area contributed by atoms with Gasteiger partial charge in [0, 0.05) is 26.1 Å². The Balaban J connectivity index is 3.89. The molecule has 0 amide bonds. The number of likely N-dealkylation sites (N-methyl/N-ethyl adjacent to an activating group) is 2. The zero-order valence-corrected chi connectivity index (χ0v) is 25.9. The van der Waals surface area contributed by atoms with Crippen LogP contribution in [0.5, 0.6) is 0 Å². The fraction of sp³-hybridized carbons (Fsp3) is 0.846. The van der Waals surface area contributed by atoms with Crippen molar-refractivity contribution in [2.45, 2.75) is 45.4 Å². The smallest absolute Gasteiger partial charge is 0.218 e. The van der Waals surface area contributed by atoms with Gasteiger partial charge in [-0.15, -0.1) is 0 Å². The zero-order valence-electron chi connectivity index (χ0n) is 25.9. The first-order valence-corrected chi connectivity index (χ1v) is 14.4.